The van der Waals surface area contributed by atoms with E-state index in [4.69, 9.17) is 4.18 Å². The van der Waals surface area contributed by atoms with Gasteiger partial charge in [0, 0.05) is 6.20 Å². The number of halogens is 1. The van der Waals surface area contributed by atoms with E-state index in [-0.39, 0.29) is 17.0 Å². The first-order valence-corrected chi connectivity index (χ1v) is 9.34. The normalized spacial score (nSPS) is 22.1. The van der Waals surface area contributed by atoms with E-state index in [2.05, 4.69) is 21.0 Å². The molecule has 2 unspecified atom stereocenters. The van der Waals surface area contributed by atoms with Crippen LogP contribution in [-0.4, -0.2) is 24.3 Å². The molecule has 22 heavy (non-hydrogen) atoms. The van der Waals surface area contributed by atoms with Crippen LogP contribution in [0.5, 0.6) is 0 Å². The second-order valence-corrected chi connectivity index (χ2v) is 8.08. The molecular formula is C15H17BrN2O3S. The van der Waals surface area contributed by atoms with Crippen molar-refractivity contribution in [2.45, 2.75) is 43.2 Å². The third-order valence-corrected chi connectivity index (χ3v) is 5.66. The molecule has 0 bridgehead atoms. The number of hydrogen-bond acceptors (Lipinski definition) is 4. The molecule has 1 aromatic heterocycles. The van der Waals surface area contributed by atoms with E-state index in [1.54, 1.807) is 30.5 Å². The molecule has 0 radical (unpaired) electrons. The van der Waals surface area contributed by atoms with Crippen LogP contribution in [0.25, 0.3) is 0 Å². The number of rotatable bonds is 4. The Kier molecular flexibility index (Phi) is 4.38. The summed E-state index contributed by atoms with van der Waals surface area (Å²) in [6.07, 6.45) is 5.58. The summed E-state index contributed by atoms with van der Waals surface area (Å²) in [6, 6.07) is 6.90. The molecule has 1 aliphatic rings. The highest BCUT2D eigenvalue weighted by molar-refractivity contribution is 9.10. The number of benzene rings is 1. The molecule has 7 heteroatoms. The van der Waals surface area contributed by atoms with Crippen molar-refractivity contribution in [2.24, 2.45) is 0 Å². The van der Waals surface area contributed by atoms with E-state index >= 15 is 0 Å². The van der Waals surface area contributed by atoms with Gasteiger partial charge in [0.2, 0.25) is 0 Å². The summed E-state index contributed by atoms with van der Waals surface area (Å²) in [5.41, 5.74) is 1.02. The van der Waals surface area contributed by atoms with E-state index < -0.39 is 10.1 Å². The van der Waals surface area contributed by atoms with Crippen LogP contribution in [0, 0.1) is 6.92 Å². The zero-order chi connectivity index (χ0) is 15.7. The van der Waals surface area contributed by atoms with Gasteiger partial charge >= 0.3 is 0 Å². The second-order valence-electron chi connectivity index (χ2n) is 5.59. The molecule has 2 atom stereocenters. The lowest BCUT2D eigenvalue weighted by Gasteiger charge is -2.13. The molecule has 0 amide bonds. The van der Waals surface area contributed by atoms with Crippen molar-refractivity contribution < 1.29 is 12.6 Å². The van der Waals surface area contributed by atoms with E-state index in [9.17, 15) is 8.42 Å². The van der Waals surface area contributed by atoms with Crippen molar-refractivity contribution >= 4 is 26.0 Å². The van der Waals surface area contributed by atoms with Crippen molar-refractivity contribution in [2.75, 3.05) is 0 Å². The summed E-state index contributed by atoms with van der Waals surface area (Å²) in [5.74, 6) is 0. The standard InChI is InChI=1S/C15H17BrN2O3S/c1-11-2-6-15(7-3-11)22(19,20)21-14-5-4-13(8-14)18-10-12(16)9-17-18/h2-3,6-7,9-10,13-14H,4-5,8H2,1H3. The van der Waals surface area contributed by atoms with Crippen molar-refractivity contribution in [1.29, 1.82) is 0 Å². The van der Waals surface area contributed by atoms with E-state index in [0.29, 0.717) is 12.8 Å². The molecule has 1 saturated carbocycles. The number of hydrogen-bond donors (Lipinski definition) is 0. The Bertz CT molecular complexity index is 755. The molecular weight excluding hydrogens is 368 g/mol. The van der Waals surface area contributed by atoms with Crippen LogP contribution in [0.15, 0.2) is 46.0 Å². The summed E-state index contributed by atoms with van der Waals surface area (Å²) in [7, 11) is -3.70. The van der Waals surface area contributed by atoms with Gasteiger partial charge in [0.05, 0.1) is 27.7 Å². The average molecular weight is 385 g/mol. The first-order chi connectivity index (χ1) is 10.4. The van der Waals surface area contributed by atoms with E-state index in [1.807, 2.05) is 17.8 Å². The Morgan fingerprint density at radius 2 is 2.00 bits per heavy atom. The predicted octanol–water partition coefficient (Wildman–Crippen LogP) is 3.45. The zero-order valence-corrected chi connectivity index (χ0v) is 14.5. The summed E-state index contributed by atoms with van der Waals surface area (Å²) in [4.78, 5) is 0.211. The number of nitrogens with zero attached hydrogens (tertiary/aromatic N) is 2. The average Bonchev–Trinajstić information content (AvgIpc) is 3.08. The van der Waals surface area contributed by atoms with Crippen LogP contribution in [0.4, 0.5) is 0 Å². The predicted molar refractivity (Wildman–Crippen MR) is 86.1 cm³/mol. The van der Waals surface area contributed by atoms with Crippen LogP contribution in [0.2, 0.25) is 0 Å². The van der Waals surface area contributed by atoms with Gasteiger partial charge in [-0.25, -0.2) is 0 Å². The van der Waals surface area contributed by atoms with Crippen molar-refractivity contribution in [3.05, 3.63) is 46.7 Å². The maximum Gasteiger partial charge on any atom is 0.297 e. The lowest BCUT2D eigenvalue weighted by Crippen LogP contribution is -2.16. The van der Waals surface area contributed by atoms with Crippen molar-refractivity contribution in [1.82, 2.24) is 9.78 Å². The van der Waals surface area contributed by atoms with E-state index in [0.717, 1.165) is 16.5 Å². The smallest absolute Gasteiger partial charge is 0.268 e. The molecule has 2 aromatic rings. The lowest BCUT2D eigenvalue weighted by molar-refractivity contribution is 0.210. The monoisotopic (exact) mass is 384 g/mol. The summed E-state index contributed by atoms with van der Waals surface area (Å²) < 4.78 is 32.8. The highest BCUT2D eigenvalue weighted by Gasteiger charge is 2.31. The molecule has 5 nitrogen and oxygen atoms in total. The van der Waals surface area contributed by atoms with Gasteiger partial charge in [-0.15, -0.1) is 0 Å². The van der Waals surface area contributed by atoms with Crippen molar-refractivity contribution in [3.8, 4) is 0 Å². The van der Waals surface area contributed by atoms with Crippen LogP contribution >= 0.6 is 15.9 Å². The van der Waals surface area contributed by atoms with Gasteiger partial charge < -0.3 is 0 Å². The van der Waals surface area contributed by atoms with Crippen molar-refractivity contribution in [3.63, 3.8) is 0 Å². The molecule has 118 valence electrons. The van der Waals surface area contributed by atoms with Crippen LogP contribution < -0.4 is 0 Å². The highest BCUT2D eigenvalue weighted by Crippen LogP contribution is 2.33. The lowest BCUT2D eigenvalue weighted by atomic mass is 10.2. The minimum atomic E-state index is -3.70. The maximum absolute atomic E-state index is 12.3. The fraction of sp³-hybridized carbons (Fsp3) is 0.400. The molecule has 1 aromatic carbocycles. The van der Waals surface area contributed by atoms with E-state index in [1.165, 1.54) is 0 Å². The van der Waals surface area contributed by atoms with Crippen LogP contribution in [0.1, 0.15) is 30.9 Å². The molecule has 1 heterocycles. The quantitative estimate of drug-likeness (QED) is 0.757. The van der Waals surface area contributed by atoms with Gasteiger partial charge in [0.15, 0.2) is 0 Å². The summed E-state index contributed by atoms with van der Waals surface area (Å²) in [5, 5.41) is 4.26. The maximum atomic E-state index is 12.3. The van der Waals surface area contributed by atoms with Gasteiger partial charge in [-0.2, -0.15) is 13.5 Å². The Balaban J connectivity index is 1.67. The topological polar surface area (TPSA) is 61.2 Å². The minimum Gasteiger partial charge on any atom is -0.268 e. The minimum absolute atomic E-state index is 0.185. The Morgan fingerprint density at radius 1 is 1.27 bits per heavy atom. The molecule has 3 rings (SSSR count). The molecule has 0 spiro atoms. The van der Waals surface area contributed by atoms with Gasteiger partial charge in [0.1, 0.15) is 0 Å². The summed E-state index contributed by atoms with van der Waals surface area (Å²) in [6.45, 7) is 1.92. The molecule has 0 N–H and O–H groups in total. The third kappa shape index (κ3) is 3.42. The second kappa shape index (κ2) is 6.14. The zero-order valence-electron chi connectivity index (χ0n) is 12.1. The Labute approximate surface area is 138 Å². The number of aryl methyl sites for hydroxylation is 1. The molecule has 1 aliphatic carbocycles. The third-order valence-electron chi connectivity index (χ3n) is 3.87. The molecule has 0 saturated heterocycles. The SMILES string of the molecule is Cc1ccc(S(=O)(=O)OC2CCC(n3cc(Br)cn3)C2)cc1. The highest BCUT2D eigenvalue weighted by atomic mass is 79.9. The first kappa shape index (κ1) is 15.7. The fourth-order valence-corrected chi connectivity index (χ4v) is 4.11. The van der Waals surface area contributed by atoms with Gasteiger partial charge in [0.25, 0.3) is 10.1 Å². The Hall–Kier alpha value is -1.18. The summed E-state index contributed by atoms with van der Waals surface area (Å²) >= 11 is 3.37. The Morgan fingerprint density at radius 3 is 2.64 bits per heavy atom. The van der Waals surface area contributed by atoms with Gasteiger partial charge in [-0.1, -0.05) is 17.7 Å². The van der Waals surface area contributed by atoms with Crippen LogP contribution in [0.3, 0.4) is 0 Å². The van der Waals surface area contributed by atoms with Gasteiger partial charge in [-0.3, -0.25) is 8.86 Å². The van der Waals surface area contributed by atoms with Gasteiger partial charge in [-0.05, 0) is 54.2 Å². The first-order valence-electron chi connectivity index (χ1n) is 7.14. The largest absolute Gasteiger partial charge is 0.297 e. The fourth-order valence-electron chi connectivity index (χ4n) is 2.70. The number of aromatic nitrogens is 2. The molecule has 0 aliphatic heterocycles. The molecule has 1 fully saturated rings. The van der Waals surface area contributed by atoms with Crippen LogP contribution in [-0.2, 0) is 14.3 Å².